The molecule has 0 saturated carbocycles. The molecule has 0 bridgehead atoms. The second kappa shape index (κ2) is 5.36. The minimum Gasteiger partial charge on any atom is -0.409 e. The van der Waals surface area contributed by atoms with Gasteiger partial charge in [0, 0.05) is 12.5 Å². The van der Waals surface area contributed by atoms with Crippen LogP contribution < -0.4 is 11.1 Å². The zero-order valence-electron chi connectivity index (χ0n) is 9.59. The van der Waals surface area contributed by atoms with Crippen LogP contribution in [-0.2, 0) is 0 Å². The summed E-state index contributed by atoms with van der Waals surface area (Å²) in [6.45, 7) is 1.91. The van der Waals surface area contributed by atoms with Crippen LogP contribution in [0.1, 0.15) is 13.3 Å². The number of hydrogen-bond donors (Lipinski definition) is 3. The SMILES string of the molecule is CC(CC(N)=NO)Nc1c(Cl)ccc2nsnc12. The minimum absolute atomic E-state index is 0.0364. The van der Waals surface area contributed by atoms with Gasteiger partial charge < -0.3 is 16.3 Å². The van der Waals surface area contributed by atoms with E-state index in [0.717, 1.165) is 28.4 Å². The predicted molar refractivity (Wildman–Crippen MR) is 73.5 cm³/mol. The zero-order chi connectivity index (χ0) is 13.1. The summed E-state index contributed by atoms with van der Waals surface area (Å²) in [5, 5.41) is 15.2. The van der Waals surface area contributed by atoms with E-state index in [1.165, 1.54) is 0 Å². The van der Waals surface area contributed by atoms with Crippen LogP contribution in [0.15, 0.2) is 17.3 Å². The first kappa shape index (κ1) is 12.8. The third kappa shape index (κ3) is 2.62. The molecule has 0 amide bonds. The van der Waals surface area contributed by atoms with Crippen LogP contribution in [-0.4, -0.2) is 25.8 Å². The molecule has 96 valence electrons. The molecule has 0 aliphatic carbocycles. The number of nitrogens with zero attached hydrogens (tertiary/aromatic N) is 3. The molecule has 2 aromatic rings. The van der Waals surface area contributed by atoms with E-state index in [9.17, 15) is 0 Å². The number of aromatic nitrogens is 2. The fourth-order valence-electron chi connectivity index (χ4n) is 1.62. The highest BCUT2D eigenvalue weighted by atomic mass is 35.5. The number of rotatable bonds is 4. The Morgan fingerprint density at radius 1 is 1.61 bits per heavy atom. The van der Waals surface area contributed by atoms with Crippen LogP contribution in [0.5, 0.6) is 0 Å². The molecule has 1 aromatic heterocycles. The van der Waals surface area contributed by atoms with Gasteiger partial charge in [-0.15, -0.1) is 0 Å². The third-order valence-corrected chi connectivity index (χ3v) is 3.27. The number of amidine groups is 1. The Kier molecular flexibility index (Phi) is 3.83. The van der Waals surface area contributed by atoms with E-state index >= 15 is 0 Å². The minimum atomic E-state index is -0.0364. The summed E-state index contributed by atoms with van der Waals surface area (Å²) in [4.78, 5) is 0. The first-order chi connectivity index (χ1) is 8.61. The highest BCUT2D eigenvalue weighted by Crippen LogP contribution is 2.30. The molecule has 1 heterocycles. The first-order valence-corrected chi connectivity index (χ1v) is 6.36. The standard InChI is InChI=1S/C10H12ClN5OS/c1-5(4-8(12)14-17)13-9-6(11)2-3-7-10(9)16-18-15-7/h2-3,5,13,17H,4H2,1H3,(H2,12,14). The lowest BCUT2D eigenvalue weighted by molar-refractivity contribution is 0.316. The molecule has 6 nitrogen and oxygen atoms in total. The van der Waals surface area contributed by atoms with Crippen LogP contribution in [0.25, 0.3) is 11.0 Å². The summed E-state index contributed by atoms with van der Waals surface area (Å²) in [7, 11) is 0. The topological polar surface area (TPSA) is 96.4 Å². The van der Waals surface area contributed by atoms with E-state index in [-0.39, 0.29) is 11.9 Å². The first-order valence-electron chi connectivity index (χ1n) is 5.25. The average molecular weight is 286 g/mol. The average Bonchev–Trinajstić information content (AvgIpc) is 2.81. The summed E-state index contributed by atoms with van der Waals surface area (Å²) < 4.78 is 8.35. The summed E-state index contributed by atoms with van der Waals surface area (Å²) >= 11 is 7.27. The van der Waals surface area contributed by atoms with Gasteiger partial charge in [-0.1, -0.05) is 16.8 Å². The number of nitrogens with two attached hydrogens (primary N) is 1. The lowest BCUT2D eigenvalue weighted by atomic mass is 10.2. The van der Waals surface area contributed by atoms with Gasteiger partial charge in [0.1, 0.15) is 16.9 Å². The monoisotopic (exact) mass is 285 g/mol. The van der Waals surface area contributed by atoms with E-state index in [1.54, 1.807) is 6.07 Å². The summed E-state index contributed by atoms with van der Waals surface area (Å²) in [6.07, 6.45) is 0.404. The fraction of sp³-hybridized carbons (Fsp3) is 0.300. The van der Waals surface area contributed by atoms with Crippen LogP contribution in [0.2, 0.25) is 5.02 Å². The van der Waals surface area contributed by atoms with Gasteiger partial charge in [0.05, 0.1) is 22.4 Å². The lowest BCUT2D eigenvalue weighted by Crippen LogP contribution is -2.24. The smallest absolute Gasteiger partial charge is 0.141 e. The molecule has 1 atom stereocenters. The van der Waals surface area contributed by atoms with Crippen molar-refractivity contribution in [2.75, 3.05) is 5.32 Å². The van der Waals surface area contributed by atoms with Gasteiger partial charge in [-0.2, -0.15) is 8.75 Å². The maximum Gasteiger partial charge on any atom is 0.141 e. The van der Waals surface area contributed by atoms with Gasteiger partial charge in [-0.3, -0.25) is 0 Å². The van der Waals surface area contributed by atoms with Crippen LogP contribution in [0, 0.1) is 0 Å². The number of oxime groups is 1. The number of nitrogens with one attached hydrogen (secondary N) is 1. The fourth-order valence-corrected chi connectivity index (χ4v) is 2.37. The maximum absolute atomic E-state index is 8.53. The Bertz CT molecular complexity index is 585. The Hall–Kier alpha value is -1.60. The van der Waals surface area contributed by atoms with Gasteiger partial charge in [-0.25, -0.2) is 0 Å². The van der Waals surface area contributed by atoms with Crippen molar-refractivity contribution in [3.05, 3.63) is 17.2 Å². The van der Waals surface area contributed by atoms with Crippen molar-refractivity contribution in [3.8, 4) is 0 Å². The molecule has 2 rings (SSSR count). The number of benzene rings is 1. The van der Waals surface area contributed by atoms with Crippen molar-refractivity contribution in [2.24, 2.45) is 10.9 Å². The normalized spacial score (nSPS) is 13.8. The largest absolute Gasteiger partial charge is 0.409 e. The van der Waals surface area contributed by atoms with Gasteiger partial charge in [0.2, 0.25) is 0 Å². The molecule has 18 heavy (non-hydrogen) atoms. The van der Waals surface area contributed by atoms with Crippen LogP contribution in [0.3, 0.4) is 0 Å². The predicted octanol–water partition coefficient (Wildman–Crippen LogP) is 2.28. The maximum atomic E-state index is 8.53. The molecule has 1 aromatic carbocycles. The molecule has 1 unspecified atom stereocenters. The van der Waals surface area contributed by atoms with Crippen molar-refractivity contribution in [1.29, 1.82) is 0 Å². The molecule has 0 saturated heterocycles. The molecule has 0 radical (unpaired) electrons. The molecule has 8 heteroatoms. The Labute approximate surface area is 113 Å². The highest BCUT2D eigenvalue weighted by molar-refractivity contribution is 7.00. The molecule has 0 aliphatic rings. The van der Waals surface area contributed by atoms with Crippen molar-refractivity contribution >= 4 is 45.9 Å². The second-order valence-electron chi connectivity index (χ2n) is 3.90. The van der Waals surface area contributed by atoms with Gasteiger partial charge >= 0.3 is 0 Å². The van der Waals surface area contributed by atoms with Crippen LogP contribution >= 0.6 is 23.3 Å². The van der Waals surface area contributed by atoms with E-state index in [0.29, 0.717) is 11.4 Å². The van der Waals surface area contributed by atoms with E-state index in [2.05, 4.69) is 19.2 Å². The van der Waals surface area contributed by atoms with Crippen molar-refractivity contribution in [3.63, 3.8) is 0 Å². The molecule has 0 fully saturated rings. The summed E-state index contributed by atoms with van der Waals surface area (Å²) in [5.74, 6) is 0.162. The van der Waals surface area contributed by atoms with Gasteiger partial charge in [0.15, 0.2) is 0 Å². The van der Waals surface area contributed by atoms with E-state index in [4.69, 9.17) is 22.5 Å². The van der Waals surface area contributed by atoms with Gasteiger partial charge in [-0.05, 0) is 19.1 Å². The van der Waals surface area contributed by atoms with Crippen molar-refractivity contribution in [1.82, 2.24) is 8.75 Å². The molecule has 0 spiro atoms. The second-order valence-corrected chi connectivity index (χ2v) is 4.83. The Morgan fingerprint density at radius 2 is 2.39 bits per heavy atom. The summed E-state index contributed by atoms with van der Waals surface area (Å²) in [5.41, 5.74) is 7.71. The highest BCUT2D eigenvalue weighted by Gasteiger charge is 2.13. The van der Waals surface area contributed by atoms with Crippen molar-refractivity contribution < 1.29 is 5.21 Å². The summed E-state index contributed by atoms with van der Waals surface area (Å²) in [6, 6.07) is 3.55. The molecular weight excluding hydrogens is 274 g/mol. The zero-order valence-corrected chi connectivity index (χ0v) is 11.2. The van der Waals surface area contributed by atoms with Crippen molar-refractivity contribution in [2.45, 2.75) is 19.4 Å². The Balaban J connectivity index is 2.25. The van der Waals surface area contributed by atoms with Crippen LogP contribution in [0.4, 0.5) is 5.69 Å². The molecular formula is C10H12ClN5OS. The van der Waals surface area contributed by atoms with Gasteiger partial charge in [0.25, 0.3) is 0 Å². The van der Waals surface area contributed by atoms with E-state index < -0.39 is 0 Å². The number of anilines is 1. The Morgan fingerprint density at radius 3 is 3.11 bits per heavy atom. The number of fused-ring (bicyclic) bond motifs is 1. The van der Waals surface area contributed by atoms with E-state index in [1.807, 2.05) is 13.0 Å². The number of halogens is 1. The number of hydrogen-bond acceptors (Lipinski definition) is 6. The quantitative estimate of drug-likeness (QED) is 0.347. The molecule has 0 aliphatic heterocycles. The lowest BCUT2D eigenvalue weighted by Gasteiger charge is -2.15. The molecule has 4 N–H and O–H groups in total. The third-order valence-electron chi connectivity index (χ3n) is 2.41.